The fraction of sp³-hybridized carbons (Fsp3) is 0.174. The molecule has 0 spiro atoms. The summed E-state index contributed by atoms with van der Waals surface area (Å²) < 4.78 is 27.7. The molecule has 3 aromatic carbocycles. The lowest BCUT2D eigenvalue weighted by molar-refractivity contribution is -0.121. The maximum Gasteiger partial charge on any atom is 0.243 e. The lowest BCUT2D eigenvalue weighted by atomic mass is 10.2. The average Bonchev–Trinajstić information content (AvgIpc) is 2.74. The number of carbonyl (C=O) groups excluding carboxylic acids is 1. The van der Waals surface area contributed by atoms with Gasteiger partial charge in [0.25, 0.3) is 0 Å². The number of carbonyl (C=O) groups is 1. The Labute approximate surface area is 192 Å². The Hall–Kier alpha value is -2.38. The van der Waals surface area contributed by atoms with Crippen LogP contribution in [0.5, 0.6) is 0 Å². The van der Waals surface area contributed by atoms with Crippen LogP contribution < -0.4 is 5.32 Å². The third kappa shape index (κ3) is 6.31. The van der Waals surface area contributed by atoms with Crippen LogP contribution in [0.25, 0.3) is 0 Å². The fourth-order valence-electron chi connectivity index (χ4n) is 2.92. The number of hydrogen-bond donors (Lipinski definition) is 1. The van der Waals surface area contributed by atoms with E-state index in [1.165, 1.54) is 12.1 Å². The standard InChI is InChI=1S/C23H22Cl2N2O3S/c1-17-6-12-21(13-7-17)31(29,30)27(15-19-4-2-3-5-22(19)25)16-23(28)26-14-18-8-10-20(24)11-9-18/h2-13H,14-16H2,1H3,(H,26,28). The maximum absolute atomic E-state index is 13.3. The summed E-state index contributed by atoms with van der Waals surface area (Å²) >= 11 is 12.1. The van der Waals surface area contributed by atoms with Gasteiger partial charge in [0.1, 0.15) is 0 Å². The van der Waals surface area contributed by atoms with Gasteiger partial charge in [-0.15, -0.1) is 0 Å². The van der Waals surface area contributed by atoms with E-state index in [4.69, 9.17) is 23.2 Å². The second-order valence-corrected chi connectivity index (χ2v) is 9.86. The molecule has 31 heavy (non-hydrogen) atoms. The molecule has 5 nitrogen and oxygen atoms in total. The van der Waals surface area contributed by atoms with Gasteiger partial charge in [-0.3, -0.25) is 4.79 Å². The molecule has 0 radical (unpaired) electrons. The zero-order valence-electron chi connectivity index (χ0n) is 16.9. The van der Waals surface area contributed by atoms with E-state index in [0.29, 0.717) is 15.6 Å². The van der Waals surface area contributed by atoms with E-state index in [0.717, 1.165) is 15.4 Å². The van der Waals surface area contributed by atoms with Crippen molar-refractivity contribution in [2.24, 2.45) is 0 Å². The molecule has 1 N–H and O–H groups in total. The molecular formula is C23H22Cl2N2O3S. The highest BCUT2D eigenvalue weighted by atomic mass is 35.5. The first kappa shape index (κ1) is 23.3. The molecule has 0 aromatic heterocycles. The van der Waals surface area contributed by atoms with E-state index in [1.807, 2.05) is 6.92 Å². The van der Waals surface area contributed by atoms with Crippen molar-refractivity contribution >= 4 is 39.1 Å². The zero-order chi connectivity index (χ0) is 22.4. The van der Waals surface area contributed by atoms with Gasteiger partial charge in [-0.1, -0.05) is 71.2 Å². The van der Waals surface area contributed by atoms with E-state index in [2.05, 4.69) is 5.32 Å². The smallest absolute Gasteiger partial charge is 0.243 e. The van der Waals surface area contributed by atoms with Crippen molar-refractivity contribution in [2.75, 3.05) is 6.54 Å². The molecule has 0 bridgehead atoms. The van der Waals surface area contributed by atoms with Crippen LogP contribution in [0.3, 0.4) is 0 Å². The first-order valence-corrected chi connectivity index (χ1v) is 11.8. The van der Waals surface area contributed by atoms with Gasteiger partial charge >= 0.3 is 0 Å². The van der Waals surface area contributed by atoms with E-state index < -0.39 is 15.9 Å². The fourth-order valence-corrected chi connectivity index (χ4v) is 4.62. The Bertz CT molecular complexity index is 1150. The van der Waals surface area contributed by atoms with Gasteiger partial charge in [-0.05, 0) is 48.4 Å². The maximum atomic E-state index is 13.3. The summed E-state index contributed by atoms with van der Waals surface area (Å²) in [5.41, 5.74) is 2.42. The van der Waals surface area contributed by atoms with E-state index in [1.54, 1.807) is 60.7 Å². The summed E-state index contributed by atoms with van der Waals surface area (Å²) in [6, 6.07) is 20.6. The number of benzene rings is 3. The number of halogens is 2. The number of aryl methyl sites for hydroxylation is 1. The molecule has 3 aromatic rings. The first-order chi connectivity index (χ1) is 14.8. The Morgan fingerprint density at radius 3 is 2.23 bits per heavy atom. The molecule has 8 heteroatoms. The lowest BCUT2D eigenvalue weighted by Crippen LogP contribution is -2.40. The molecule has 0 aliphatic heterocycles. The van der Waals surface area contributed by atoms with E-state index in [-0.39, 0.29) is 24.5 Å². The summed E-state index contributed by atoms with van der Waals surface area (Å²) in [4.78, 5) is 12.7. The molecule has 3 rings (SSSR count). The predicted octanol–water partition coefficient (Wildman–Crippen LogP) is 4.81. The first-order valence-electron chi connectivity index (χ1n) is 9.57. The molecular weight excluding hydrogens is 455 g/mol. The Kier molecular flexibility index (Phi) is 7.73. The normalized spacial score (nSPS) is 11.5. The minimum absolute atomic E-state index is 0.0236. The van der Waals surface area contributed by atoms with Crippen LogP contribution >= 0.6 is 23.2 Å². The minimum atomic E-state index is -3.92. The Morgan fingerprint density at radius 1 is 0.935 bits per heavy atom. The number of sulfonamides is 1. The summed E-state index contributed by atoms with van der Waals surface area (Å²) in [6.45, 7) is 1.78. The van der Waals surface area contributed by atoms with E-state index in [9.17, 15) is 13.2 Å². The Balaban J connectivity index is 1.81. The number of hydrogen-bond acceptors (Lipinski definition) is 3. The van der Waals surface area contributed by atoms with Crippen LogP contribution in [0.4, 0.5) is 0 Å². The third-order valence-corrected chi connectivity index (χ3v) is 7.11. The average molecular weight is 477 g/mol. The van der Waals surface area contributed by atoms with Crippen molar-refractivity contribution in [2.45, 2.75) is 24.9 Å². The van der Waals surface area contributed by atoms with Gasteiger partial charge in [0.15, 0.2) is 0 Å². The van der Waals surface area contributed by atoms with Gasteiger partial charge in [-0.25, -0.2) is 8.42 Å². The molecule has 162 valence electrons. The third-order valence-electron chi connectivity index (χ3n) is 4.69. The molecule has 0 saturated carbocycles. The van der Waals surface area contributed by atoms with E-state index >= 15 is 0 Å². The number of rotatable bonds is 8. The van der Waals surface area contributed by atoms with Crippen LogP contribution in [0, 0.1) is 6.92 Å². The summed E-state index contributed by atoms with van der Waals surface area (Å²) in [5.74, 6) is -0.419. The summed E-state index contributed by atoms with van der Waals surface area (Å²) in [5, 5.41) is 3.80. The highest BCUT2D eigenvalue weighted by Crippen LogP contribution is 2.22. The number of amides is 1. The van der Waals surface area contributed by atoms with Crippen LogP contribution in [0.1, 0.15) is 16.7 Å². The second kappa shape index (κ2) is 10.3. The minimum Gasteiger partial charge on any atom is -0.351 e. The quantitative estimate of drug-likeness (QED) is 0.507. The monoisotopic (exact) mass is 476 g/mol. The van der Waals surface area contributed by atoms with Gasteiger partial charge in [0.2, 0.25) is 15.9 Å². The lowest BCUT2D eigenvalue weighted by Gasteiger charge is -2.22. The number of nitrogens with zero attached hydrogens (tertiary/aromatic N) is 1. The van der Waals surface area contributed by atoms with Gasteiger partial charge in [0, 0.05) is 23.1 Å². The van der Waals surface area contributed by atoms with Crippen LogP contribution in [-0.2, 0) is 27.9 Å². The molecule has 0 aliphatic carbocycles. The Morgan fingerprint density at radius 2 is 1.58 bits per heavy atom. The molecule has 0 fully saturated rings. The van der Waals surface area contributed by atoms with Crippen molar-refractivity contribution in [3.8, 4) is 0 Å². The molecule has 0 heterocycles. The summed E-state index contributed by atoms with van der Waals surface area (Å²) in [7, 11) is -3.92. The number of nitrogens with one attached hydrogen (secondary N) is 1. The van der Waals surface area contributed by atoms with Crippen LogP contribution in [0.15, 0.2) is 77.7 Å². The van der Waals surface area contributed by atoms with Crippen molar-refractivity contribution < 1.29 is 13.2 Å². The molecule has 1 amide bonds. The molecule has 0 unspecified atom stereocenters. The van der Waals surface area contributed by atoms with Crippen molar-refractivity contribution in [1.82, 2.24) is 9.62 Å². The van der Waals surface area contributed by atoms with Gasteiger partial charge < -0.3 is 5.32 Å². The highest BCUT2D eigenvalue weighted by Gasteiger charge is 2.27. The topological polar surface area (TPSA) is 66.5 Å². The highest BCUT2D eigenvalue weighted by molar-refractivity contribution is 7.89. The van der Waals surface area contributed by atoms with Gasteiger partial charge in [-0.2, -0.15) is 4.31 Å². The summed E-state index contributed by atoms with van der Waals surface area (Å²) in [6.07, 6.45) is 0. The van der Waals surface area contributed by atoms with Crippen molar-refractivity contribution in [1.29, 1.82) is 0 Å². The largest absolute Gasteiger partial charge is 0.351 e. The molecule has 0 saturated heterocycles. The molecule has 0 atom stereocenters. The van der Waals surface area contributed by atoms with Crippen molar-refractivity contribution in [3.63, 3.8) is 0 Å². The predicted molar refractivity (Wildman–Crippen MR) is 124 cm³/mol. The zero-order valence-corrected chi connectivity index (χ0v) is 19.2. The van der Waals surface area contributed by atoms with Crippen LogP contribution in [-0.4, -0.2) is 25.2 Å². The second-order valence-electron chi connectivity index (χ2n) is 7.08. The molecule has 0 aliphatic rings. The van der Waals surface area contributed by atoms with Crippen LogP contribution in [0.2, 0.25) is 10.0 Å². The van der Waals surface area contributed by atoms with Gasteiger partial charge in [0.05, 0.1) is 11.4 Å². The SMILES string of the molecule is Cc1ccc(S(=O)(=O)N(CC(=O)NCc2ccc(Cl)cc2)Cc2ccccc2Cl)cc1. The van der Waals surface area contributed by atoms with Crippen molar-refractivity contribution in [3.05, 3.63) is 99.5 Å².